The number of fused-ring (bicyclic) bond motifs is 1. The van der Waals surface area contributed by atoms with Crippen molar-refractivity contribution in [3.63, 3.8) is 0 Å². The first kappa shape index (κ1) is 11.5. The molecule has 0 spiro atoms. The molecule has 92 valence electrons. The molecule has 18 heavy (non-hydrogen) atoms. The van der Waals surface area contributed by atoms with Crippen LogP contribution >= 0.6 is 28.1 Å². The molecule has 0 aromatic heterocycles. The van der Waals surface area contributed by atoms with E-state index in [2.05, 4.69) is 26.6 Å². The van der Waals surface area contributed by atoms with Crippen LogP contribution in [0.3, 0.4) is 0 Å². The fourth-order valence-corrected chi connectivity index (χ4v) is 2.32. The Morgan fingerprint density at radius 2 is 2.00 bits per heavy atom. The minimum Gasteiger partial charge on any atom is -0.454 e. The number of amides is 1. The molecule has 0 atom stereocenters. The van der Waals surface area contributed by atoms with Gasteiger partial charge in [-0.3, -0.25) is 10.1 Å². The molecule has 1 saturated heterocycles. The molecule has 7 heteroatoms. The van der Waals surface area contributed by atoms with E-state index in [0.29, 0.717) is 22.3 Å². The highest BCUT2D eigenvalue weighted by Crippen LogP contribution is 2.37. The molecule has 2 aliphatic rings. The summed E-state index contributed by atoms with van der Waals surface area (Å²) in [6.45, 7) is 0.213. The number of hydrogen-bond acceptors (Lipinski definition) is 4. The molecule has 1 amide bonds. The van der Waals surface area contributed by atoms with Crippen molar-refractivity contribution in [2.24, 2.45) is 0 Å². The maximum absolute atomic E-state index is 11.5. The molecule has 1 aromatic rings. The smallest absolute Gasteiger partial charge is 0.273 e. The Morgan fingerprint density at radius 3 is 2.67 bits per heavy atom. The molecule has 2 aliphatic heterocycles. The zero-order chi connectivity index (χ0) is 12.7. The summed E-state index contributed by atoms with van der Waals surface area (Å²) in [6.07, 6.45) is 1.70. The third kappa shape index (κ3) is 1.95. The topological polar surface area (TPSA) is 59.6 Å². The predicted molar refractivity (Wildman–Crippen MR) is 72.1 cm³/mol. The van der Waals surface area contributed by atoms with E-state index in [4.69, 9.17) is 21.7 Å². The van der Waals surface area contributed by atoms with Gasteiger partial charge in [-0.25, -0.2) is 0 Å². The molecule has 0 radical (unpaired) electrons. The quantitative estimate of drug-likeness (QED) is 0.605. The van der Waals surface area contributed by atoms with Crippen molar-refractivity contribution < 1.29 is 14.3 Å². The third-order valence-electron chi connectivity index (χ3n) is 2.51. The second kappa shape index (κ2) is 4.25. The number of ether oxygens (including phenoxy) is 2. The van der Waals surface area contributed by atoms with Crippen LogP contribution < -0.4 is 20.1 Å². The summed E-state index contributed by atoms with van der Waals surface area (Å²) >= 11 is 8.28. The summed E-state index contributed by atoms with van der Waals surface area (Å²) in [5, 5.41) is 5.60. The van der Waals surface area contributed by atoms with Crippen LogP contribution in [0.15, 0.2) is 22.3 Å². The molecule has 2 heterocycles. The maximum Gasteiger partial charge on any atom is 0.273 e. The number of halogens is 1. The Kier molecular flexibility index (Phi) is 2.71. The van der Waals surface area contributed by atoms with Crippen molar-refractivity contribution in [1.29, 1.82) is 0 Å². The second-order valence-electron chi connectivity index (χ2n) is 3.69. The summed E-state index contributed by atoms with van der Waals surface area (Å²) < 4.78 is 11.4. The lowest BCUT2D eigenvalue weighted by Crippen LogP contribution is -2.21. The van der Waals surface area contributed by atoms with E-state index in [1.807, 2.05) is 0 Å². The van der Waals surface area contributed by atoms with Gasteiger partial charge in [0.1, 0.15) is 5.70 Å². The minimum atomic E-state index is -0.246. The van der Waals surface area contributed by atoms with E-state index in [9.17, 15) is 4.79 Å². The third-order valence-corrected chi connectivity index (χ3v) is 3.40. The van der Waals surface area contributed by atoms with Gasteiger partial charge in [-0.15, -0.1) is 0 Å². The maximum atomic E-state index is 11.5. The number of benzene rings is 1. The average molecular weight is 327 g/mol. The molecular formula is C11H7BrN2O3S. The highest BCUT2D eigenvalue weighted by Gasteiger charge is 2.21. The van der Waals surface area contributed by atoms with E-state index in [0.717, 1.165) is 10.0 Å². The van der Waals surface area contributed by atoms with E-state index in [1.54, 1.807) is 18.2 Å². The molecule has 0 unspecified atom stereocenters. The molecular weight excluding hydrogens is 320 g/mol. The molecule has 0 bridgehead atoms. The molecule has 3 rings (SSSR count). The molecule has 0 saturated carbocycles. The fraction of sp³-hybridized carbons (Fsp3) is 0.0909. The van der Waals surface area contributed by atoms with Gasteiger partial charge in [0, 0.05) is 4.47 Å². The number of nitrogens with one attached hydrogen (secondary N) is 2. The molecule has 1 fully saturated rings. The number of carbonyl (C=O) groups is 1. The fourth-order valence-electron chi connectivity index (χ4n) is 1.68. The summed E-state index contributed by atoms with van der Waals surface area (Å²) in [7, 11) is 0. The van der Waals surface area contributed by atoms with Gasteiger partial charge in [0.2, 0.25) is 6.79 Å². The lowest BCUT2D eigenvalue weighted by Gasteiger charge is -2.03. The zero-order valence-corrected chi connectivity index (χ0v) is 11.4. The van der Waals surface area contributed by atoms with Gasteiger partial charge in [-0.05, 0) is 36.0 Å². The van der Waals surface area contributed by atoms with E-state index < -0.39 is 0 Å². The Morgan fingerprint density at radius 1 is 1.28 bits per heavy atom. The van der Waals surface area contributed by atoms with Crippen LogP contribution in [0, 0.1) is 0 Å². The monoisotopic (exact) mass is 326 g/mol. The number of rotatable bonds is 1. The van der Waals surface area contributed by atoms with Gasteiger partial charge < -0.3 is 14.8 Å². The standard InChI is InChI=1S/C11H7BrN2O3S/c12-6-3-9-8(16-4-17-9)2-5(6)1-7-10(15)14-11(18)13-7/h1-3H,4H2,(H2,13,14,15,18)/b7-1+. The SMILES string of the molecule is O=C1NC(=S)N/C1=C/c1cc2c(cc1Br)OCO2. The van der Waals surface area contributed by atoms with Gasteiger partial charge in [0.25, 0.3) is 5.91 Å². The Balaban J connectivity index is 2.00. The predicted octanol–water partition coefficient (Wildman–Crippen LogP) is 1.52. The van der Waals surface area contributed by atoms with Crippen LogP contribution in [-0.4, -0.2) is 17.8 Å². The van der Waals surface area contributed by atoms with Crippen molar-refractivity contribution in [3.8, 4) is 11.5 Å². The van der Waals surface area contributed by atoms with E-state index >= 15 is 0 Å². The van der Waals surface area contributed by atoms with Gasteiger partial charge >= 0.3 is 0 Å². The Labute approximate surface area is 116 Å². The normalized spacial score (nSPS) is 19.1. The van der Waals surface area contributed by atoms with Crippen LogP contribution in [0.4, 0.5) is 0 Å². The highest BCUT2D eigenvalue weighted by molar-refractivity contribution is 9.10. The summed E-state index contributed by atoms with van der Waals surface area (Å²) in [5.41, 5.74) is 1.21. The molecule has 2 N–H and O–H groups in total. The van der Waals surface area contributed by atoms with Crippen molar-refractivity contribution in [1.82, 2.24) is 10.6 Å². The summed E-state index contributed by atoms with van der Waals surface area (Å²) in [5.74, 6) is 1.10. The van der Waals surface area contributed by atoms with Crippen LogP contribution in [0.5, 0.6) is 11.5 Å². The number of thiocarbonyl (C=S) groups is 1. The van der Waals surface area contributed by atoms with Gasteiger partial charge in [0.15, 0.2) is 16.6 Å². The molecule has 0 aliphatic carbocycles. The van der Waals surface area contributed by atoms with Crippen molar-refractivity contribution in [3.05, 3.63) is 27.9 Å². The van der Waals surface area contributed by atoms with E-state index in [1.165, 1.54) is 0 Å². The lowest BCUT2D eigenvalue weighted by molar-refractivity contribution is -0.115. The van der Waals surface area contributed by atoms with Crippen LogP contribution in [0.25, 0.3) is 6.08 Å². The molecule has 5 nitrogen and oxygen atoms in total. The van der Waals surface area contributed by atoms with E-state index in [-0.39, 0.29) is 12.7 Å². The second-order valence-corrected chi connectivity index (χ2v) is 4.96. The summed E-state index contributed by atoms with van der Waals surface area (Å²) in [6, 6.07) is 3.61. The van der Waals surface area contributed by atoms with Crippen LogP contribution in [-0.2, 0) is 4.79 Å². The zero-order valence-electron chi connectivity index (χ0n) is 8.95. The molecule has 1 aromatic carbocycles. The van der Waals surface area contributed by atoms with Crippen LogP contribution in [0.1, 0.15) is 5.56 Å². The van der Waals surface area contributed by atoms with Crippen molar-refractivity contribution in [2.45, 2.75) is 0 Å². The van der Waals surface area contributed by atoms with Gasteiger partial charge in [-0.2, -0.15) is 0 Å². The first-order chi connectivity index (χ1) is 8.63. The Hall–Kier alpha value is -1.60. The number of hydrogen-bond donors (Lipinski definition) is 2. The summed E-state index contributed by atoms with van der Waals surface area (Å²) in [4.78, 5) is 11.5. The van der Waals surface area contributed by atoms with Crippen molar-refractivity contribution >= 4 is 45.2 Å². The first-order valence-corrected chi connectivity index (χ1v) is 6.27. The van der Waals surface area contributed by atoms with Crippen LogP contribution in [0.2, 0.25) is 0 Å². The van der Waals surface area contributed by atoms with Crippen molar-refractivity contribution in [2.75, 3.05) is 6.79 Å². The van der Waals surface area contributed by atoms with Gasteiger partial charge in [-0.1, -0.05) is 15.9 Å². The lowest BCUT2D eigenvalue weighted by atomic mass is 10.1. The first-order valence-electron chi connectivity index (χ1n) is 5.06. The average Bonchev–Trinajstić information content (AvgIpc) is 2.86. The van der Waals surface area contributed by atoms with Gasteiger partial charge in [0.05, 0.1) is 0 Å². The number of carbonyl (C=O) groups excluding carboxylic acids is 1. The minimum absolute atomic E-state index is 0.213. The Bertz CT molecular complexity index is 600. The largest absolute Gasteiger partial charge is 0.454 e. The highest BCUT2D eigenvalue weighted by atomic mass is 79.9.